The lowest BCUT2D eigenvalue weighted by Crippen LogP contribution is -1.89. The summed E-state index contributed by atoms with van der Waals surface area (Å²) in [5.74, 6) is -4.77. The average Bonchev–Trinajstić information content (AvgIpc) is 1.97. The fourth-order valence-electron chi connectivity index (χ4n) is 0.557. The van der Waals surface area contributed by atoms with Crippen LogP contribution in [0.25, 0.3) is 0 Å². The fraction of sp³-hybridized carbons (Fsp3) is 0. The van der Waals surface area contributed by atoms with Gasteiger partial charge in [-0.15, -0.1) is 0 Å². The highest BCUT2D eigenvalue weighted by Gasteiger charge is 2.15. The number of phenolic OH excluding ortho intramolecular Hbond substituents is 1. The van der Waals surface area contributed by atoms with Crippen LogP contribution >= 0.6 is 15.9 Å². The molecule has 0 aliphatic rings. The molecule has 0 saturated carbocycles. The van der Waals surface area contributed by atoms with Gasteiger partial charge in [-0.3, -0.25) is 0 Å². The molecule has 11 heavy (non-hydrogen) atoms. The van der Waals surface area contributed by atoms with Crippen molar-refractivity contribution in [3.8, 4) is 5.75 Å². The minimum absolute atomic E-state index is 0.273. The molecular formula is C6H2BrF3O. The van der Waals surface area contributed by atoms with Crippen LogP contribution in [0.1, 0.15) is 0 Å². The van der Waals surface area contributed by atoms with Crippen molar-refractivity contribution in [2.45, 2.75) is 0 Å². The lowest BCUT2D eigenvalue weighted by Gasteiger charge is -1.99. The molecule has 1 rings (SSSR count). The zero-order valence-corrected chi connectivity index (χ0v) is 6.62. The van der Waals surface area contributed by atoms with E-state index in [4.69, 9.17) is 5.11 Å². The van der Waals surface area contributed by atoms with Crippen LogP contribution in [-0.2, 0) is 0 Å². The molecule has 1 aromatic rings. The van der Waals surface area contributed by atoms with E-state index in [1.54, 1.807) is 0 Å². The Kier molecular flexibility index (Phi) is 2.08. The molecule has 0 amide bonds. The standard InChI is InChI=1S/C6H2BrF3O/c7-4-5(10)2(8)1-3(9)6(4)11/h1,11H. The minimum Gasteiger partial charge on any atom is -0.504 e. The van der Waals surface area contributed by atoms with Crippen molar-refractivity contribution in [1.82, 2.24) is 0 Å². The quantitative estimate of drug-likeness (QED) is 0.533. The van der Waals surface area contributed by atoms with Gasteiger partial charge in [-0.25, -0.2) is 13.2 Å². The Morgan fingerprint density at radius 2 is 1.73 bits per heavy atom. The van der Waals surface area contributed by atoms with Crippen LogP contribution in [0.5, 0.6) is 5.75 Å². The summed E-state index contributed by atoms with van der Waals surface area (Å²) in [6.07, 6.45) is 0. The van der Waals surface area contributed by atoms with Gasteiger partial charge in [-0.1, -0.05) is 0 Å². The van der Waals surface area contributed by atoms with Crippen LogP contribution < -0.4 is 0 Å². The second kappa shape index (κ2) is 2.73. The normalized spacial score (nSPS) is 10.2. The average molecular weight is 227 g/mol. The fourth-order valence-corrected chi connectivity index (χ4v) is 0.935. The number of hydrogen-bond acceptors (Lipinski definition) is 1. The lowest BCUT2D eigenvalue weighted by atomic mass is 10.3. The summed E-state index contributed by atoms with van der Waals surface area (Å²) in [5.41, 5.74) is 0. The Morgan fingerprint density at radius 3 is 2.27 bits per heavy atom. The molecule has 0 radical (unpaired) electrons. The Balaban J connectivity index is 3.46. The number of phenols is 1. The molecule has 0 fully saturated rings. The third-order valence-electron chi connectivity index (χ3n) is 1.09. The Morgan fingerprint density at radius 1 is 1.18 bits per heavy atom. The van der Waals surface area contributed by atoms with Crippen LogP contribution in [-0.4, -0.2) is 5.11 Å². The molecule has 0 bridgehead atoms. The molecule has 60 valence electrons. The Bertz CT molecular complexity index is 274. The summed E-state index contributed by atoms with van der Waals surface area (Å²) < 4.78 is 36.4. The van der Waals surface area contributed by atoms with Crippen LogP contribution in [0.3, 0.4) is 0 Å². The van der Waals surface area contributed by atoms with E-state index in [-0.39, 0.29) is 6.07 Å². The van der Waals surface area contributed by atoms with E-state index in [9.17, 15) is 13.2 Å². The van der Waals surface area contributed by atoms with Crippen LogP contribution in [0, 0.1) is 17.5 Å². The van der Waals surface area contributed by atoms with Crippen LogP contribution in [0.2, 0.25) is 0 Å². The van der Waals surface area contributed by atoms with Gasteiger partial charge in [0.25, 0.3) is 0 Å². The molecule has 1 N–H and O–H groups in total. The van der Waals surface area contributed by atoms with Crippen molar-refractivity contribution in [3.63, 3.8) is 0 Å². The van der Waals surface area contributed by atoms with Crippen LogP contribution in [0.15, 0.2) is 10.5 Å². The molecule has 0 atom stereocenters. The van der Waals surface area contributed by atoms with Crippen molar-refractivity contribution < 1.29 is 18.3 Å². The number of rotatable bonds is 0. The molecule has 0 aliphatic heterocycles. The van der Waals surface area contributed by atoms with E-state index in [0.717, 1.165) is 0 Å². The summed E-state index contributed by atoms with van der Waals surface area (Å²) in [6.45, 7) is 0. The van der Waals surface area contributed by atoms with Gasteiger partial charge in [0.05, 0.1) is 0 Å². The molecule has 0 saturated heterocycles. The predicted molar refractivity (Wildman–Crippen MR) is 35.7 cm³/mol. The highest BCUT2D eigenvalue weighted by molar-refractivity contribution is 9.10. The first-order valence-electron chi connectivity index (χ1n) is 2.56. The summed E-state index contributed by atoms with van der Waals surface area (Å²) in [6, 6.07) is 0.273. The smallest absolute Gasteiger partial charge is 0.176 e. The summed E-state index contributed by atoms with van der Waals surface area (Å²) in [4.78, 5) is 0. The summed E-state index contributed by atoms with van der Waals surface area (Å²) in [7, 11) is 0. The molecule has 1 aromatic carbocycles. The topological polar surface area (TPSA) is 20.2 Å². The summed E-state index contributed by atoms with van der Waals surface area (Å²) in [5, 5.41) is 8.68. The van der Waals surface area contributed by atoms with Gasteiger partial charge < -0.3 is 5.11 Å². The molecular weight excluding hydrogens is 225 g/mol. The van der Waals surface area contributed by atoms with E-state index in [2.05, 4.69) is 15.9 Å². The van der Waals surface area contributed by atoms with Crippen molar-refractivity contribution in [1.29, 1.82) is 0 Å². The first kappa shape index (κ1) is 8.39. The number of benzene rings is 1. The first-order chi connectivity index (χ1) is 5.04. The monoisotopic (exact) mass is 226 g/mol. The highest BCUT2D eigenvalue weighted by atomic mass is 79.9. The van der Waals surface area contributed by atoms with Crippen LogP contribution in [0.4, 0.5) is 13.2 Å². The molecule has 0 spiro atoms. The predicted octanol–water partition coefficient (Wildman–Crippen LogP) is 2.57. The van der Waals surface area contributed by atoms with Crippen molar-refractivity contribution in [2.75, 3.05) is 0 Å². The third kappa shape index (κ3) is 1.33. The van der Waals surface area contributed by atoms with Crippen molar-refractivity contribution >= 4 is 15.9 Å². The zero-order valence-electron chi connectivity index (χ0n) is 5.04. The molecule has 1 nitrogen and oxygen atoms in total. The number of halogens is 4. The molecule has 0 aliphatic carbocycles. The van der Waals surface area contributed by atoms with Gasteiger partial charge in [0, 0.05) is 6.07 Å². The second-order valence-corrected chi connectivity index (χ2v) is 2.61. The summed E-state index contributed by atoms with van der Waals surface area (Å²) >= 11 is 2.48. The molecule has 0 heterocycles. The molecule has 0 unspecified atom stereocenters. The van der Waals surface area contributed by atoms with Crippen molar-refractivity contribution in [2.24, 2.45) is 0 Å². The van der Waals surface area contributed by atoms with Gasteiger partial charge in [-0.2, -0.15) is 0 Å². The van der Waals surface area contributed by atoms with E-state index < -0.39 is 27.7 Å². The van der Waals surface area contributed by atoms with Crippen molar-refractivity contribution in [3.05, 3.63) is 28.0 Å². The SMILES string of the molecule is Oc1c(F)cc(F)c(F)c1Br. The maximum Gasteiger partial charge on any atom is 0.176 e. The number of aromatic hydroxyl groups is 1. The number of hydrogen-bond donors (Lipinski definition) is 1. The van der Waals surface area contributed by atoms with Gasteiger partial charge in [0.2, 0.25) is 0 Å². The third-order valence-corrected chi connectivity index (χ3v) is 1.81. The lowest BCUT2D eigenvalue weighted by molar-refractivity contribution is 0.407. The Hall–Kier alpha value is -0.710. The van der Waals surface area contributed by atoms with E-state index >= 15 is 0 Å². The largest absolute Gasteiger partial charge is 0.504 e. The van der Waals surface area contributed by atoms with E-state index in [1.165, 1.54) is 0 Å². The maximum absolute atomic E-state index is 12.4. The van der Waals surface area contributed by atoms with Gasteiger partial charge >= 0.3 is 0 Å². The van der Waals surface area contributed by atoms with Gasteiger partial charge in [-0.05, 0) is 15.9 Å². The molecule has 0 aromatic heterocycles. The van der Waals surface area contributed by atoms with Gasteiger partial charge in [0.1, 0.15) is 4.47 Å². The van der Waals surface area contributed by atoms with Gasteiger partial charge in [0.15, 0.2) is 23.2 Å². The zero-order chi connectivity index (χ0) is 8.59. The highest BCUT2D eigenvalue weighted by Crippen LogP contribution is 2.30. The molecule has 5 heteroatoms. The van der Waals surface area contributed by atoms with E-state index in [1.807, 2.05) is 0 Å². The second-order valence-electron chi connectivity index (χ2n) is 1.82. The first-order valence-corrected chi connectivity index (χ1v) is 3.35. The van der Waals surface area contributed by atoms with E-state index in [0.29, 0.717) is 0 Å². The maximum atomic E-state index is 12.4. The minimum atomic E-state index is -1.34. The Labute approximate surface area is 68.6 Å².